The fourth-order valence-corrected chi connectivity index (χ4v) is 6.75. The first-order valence-electron chi connectivity index (χ1n) is 16.0. The van der Waals surface area contributed by atoms with Crippen LogP contribution in [0.2, 0.25) is 0 Å². The molecule has 0 radical (unpaired) electrons. The lowest BCUT2D eigenvalue weighted by atomic mass is 9.92. The molecule has 4 aromatic carbocycles. The topological polar surface area (TPSA) is 105 Å². The number of carbonyl (C=O) groups is 2. The third kappa shape index (κ3) is 7.38. The number of fused-ring (bicyclic) bond motifs is 2. The average molecular weight is 725 g/mol. The van der Waals surface area contributed by atoms with Crippen molar-refractivity contribution in [2.75, 3.05) is 45.9 Å². The Hall–Kier alpha value is -5.00. The van der Waals surface area contributed by atoms with E-state index in [0.29, 0.717) is 17.9 Å². The van der Waals surface area contributed by atoms with Gasteiger partial charge in [-0.1, -0.05) is 46.3 Å². The molecule has 2 aliphatic rings. The number of nitrogens with one attached hydrogen (secondary N) is 1. The fraction of sp³-hybridized carbons (Fsp3) is 0.263. The monoisotopic (exact) mass is 723 g/mol. The molecule has 2 amide bonds. The van der Waals surface area contributed by atoms with Crippen molar-refractivity contribution in [2.45, 2.75) is 25.9 Å². The van der Waals surface area contributed by atoms with Crippen LogP contribution in [0, 0.1) is 0 Å². The number of halogens is 1. The lowest BCUT2D eigenvalue weighted by Crippen LogP contribution is -2.40. The minimum absolute atomic E-state index is 0.0787. The summed E-state index contributed by atoms with van der Waals surface area (Å²) in [4.78, 5) is 34.9. The quantitative estimate of drug-likeness (QED) is 0.161. The number of benzene rings is 4. The number of hydrazone groups is 1. The number of rotatable bonds is 10. The molecule has 0 saturated carbocycles. The average Bonchev–Trinajstić information content (AvgIpc) is 3.24. The smallest absolute Gasteiger partial charge is 0.260 e. The molecular formula is C38H38BrN5O5. The van der Waals surface area contributed by atoms with Gasteiger partial charge in [0.25, 0.3) is 5.91 Å². The minimum Gasteiger partial charge on any atom is -0.496 e. The van der Waals surface area contributed by atoms with Gasteiger partial charge in [-0.2, -0.15) is 5.10 Å². The number of amides is 2. The van der Waals surface area contributed by atoms with Gasteiger partial charge in [0.15, 0.2) is 11.5 Å². The predicted octanol–water partition coefficient (Wildman–Crippen LogP) is 5.93. The van der Waals surface area contributed by atoms with E-state index in [4.69, 9.17) is 14.2 Å². The van der Waals surface area contributed by atoms with Crippen LogP contribution < -0.4 is 24.5 Å². The summed E-state index contributed by atoms with van der Waals surface area (Å²) in [7, 11) is 4.97. The zero-order chi connectivity index (χ0) is 34.5. The van der Waals surface area contributed by atoms with Crippen LogP contribution in [0.1, 0.15) is 46.3 Å². The van der Waals surface area contributed by atoms with E-state index in [2.05, 4.69) is 55.4 Å². The molecule has 0 aliphatic carbocycles. The third-order valence-electron chi connectivity index (χ3n) is 8.92. The lowest BCUT2D eigenvalue weighted by molar-refractivity contribution is -0.123. The van der Waals surface area contributed by atoms with Crippen molar-refractivity contribution in [3.05, 3.63) is 117 Å². The summed E-state index contributed by atoms with van der Waals surface area (Å²) in [6, 6.07) is 25.4. The normalized spacial score (nSPS) is 16.0. The van der Waals surface area contributed by atoms with Crippen molar-refractivity contribution in [2.24, 2.45) is 10.1 Å². The molecule has 1 N–H and O–H groups in total. The molecule has 0 saturated heterocycles. The highest BCUT2D eigenvalue weighted by Gasteiger charge is 2.28. The van der Waals surface area contributed by atoms with Gasteiger partial charge in [-0.25, -0.2) is 5.43 Å². The summed E-state index contributed by atoms with van der Waals surface area (Å²) in [5.41, 5.74) is 9.83. The van der Waals surface area contributed by atoms with Gasteiger partial charge in [-0.05, 0) is 78.6 Å². The van der Waals surface area contributed by atoms with Crippen molar-refractivity contribution >= 4 is 45.4 Å². The molecule has 0 aromatic heterocycles. The third-order valence-corrected chi connectivity index (χ3v) is 9.41. The number of anilines is 1. The van der Waals surface area contributed by atoms with Gasteiger partial charge in [0.2, 0.25) is 5.91 Å². The van der Waals surface area contributed by atoms with Crippen LogP contribution >= 0.6 is 15.9 Å². The van der Waals surface area contributed by atoms with E-state index in [1.165, 1.54) is 16.0 Å². The number of carbonyl (C=O) groups excluding carboxylic acids is 2. The Kier molecular flexibility index (Phi) is 10.4. The number of nitrogens with zero attached hydrogens (tertiary/aromatic N) is 4. The van der Waals surface area contributed by atoms with Gasteiger partial charge in [-0.3, -0.25) is 19.5 Å². The molecule has 2 aliphatic heterocycles. The second-order valence-corrected chi connectivity index (χ2v) is 12.8. The number of benzodiazepines with no additional fused rings is 1. The van der Waals surface area contributed by atoms with Gasteiger partial charge >= 0.3 is 0 Å². The number of methoxy groups -OCH3 is 3. The molecular weight excluding hydrogens is 686 g/mol. The first-order chi connectivity index (χ1) is 23.8. The summed E-state index contributed by atoms with van der Waals surface area (Å²) >= 11 is 3.54. The molecule has 11 heteroatoms. The molecule has 252 valence electrons. The van der Waals surface area contributed by atoms with Gasteiger partial charge in [0.1, 0.15) is 18.8 Å². The lowest BCUT2D eigenvalue weighted by Gasteiger charge is -2.36. The maximum absolute atomic E-state index is 13.2. The molecule has 1 atom stereocenters. The molecule has 0 spiro atoms. The van der Waals surface area contributed by atoms with E-state index < -0.39 is 5.91 Å². The van der Waals surface area contributed by atoms with Crippen LogP contribution in [0.15, 0.2) is 93.4 Å². The van der Waals surface area contributed by atoms with Crippen LogP contribution in [0.25, 0.3) is 0 Å². The zero-order valence-electron chi connectivity index (χ0n) is 27.9. The number of hydrogen-bond donors (Lipinski definition) is 1. The first-order valence-corrected chi connectivity index (χ1v) is 16.8. The van der Waals surface area contributed by atoms with Gasteiger partial charge < -0.3 is 19.1 Å². The highest BCUT2D eigenvalue weighted by molar-refractivity contribution is 9.10. The highest BCUT2D eigenvalue weighted by atomic mass is 79.9. The summed E-state index contributed by atoms with van der Waals surface area (Å²) in [6.07, 6.45) is 2.48. The number of aliphatic imine (C=N–C) groups is 1. The van der Waals surface area contributed by atoms with Crippen LogP contribution in [0.3, 0.4) is 0 Å². The van der Waals surface area contributed by atoms with Crippen LogP contribution in [-0.2, 0) is 22.6 Å². The second kappa shape index (κ2) is 15.0. The Morgan fingerprint density at radius 3 is 2.49 bits per heavy atom. The minimum atomic E-state index is -0.428. The van der Waals surface area contributed by atoms with E-state index in [9.17, 15) is 9.59 Å². The van der Waals surface area contributed by atoms with Gasteiger partial charge in [-0.15, -0.1) is 0 Å². The van der Waals surface area contributed by atoms with Crippen LogP contribution in [0.5, 0.6) is 17.2 Å². The van der Waals surface area contributed by atoms with Gasteiger partial charge in [0, 0.05) is 40.3 Å². The van der Waals surface area contributed by atoms with Crippen molar-refractivity contribution in [1.82, 2.24) is 10.3 Å². The summed E-state index contributed by atoms with van der Waals surface area (Å²) in [6.45, 7) is 3.43. The Morgan fingerprint density at radius 1 is 0.980 bits per heavy atom. The van der Waals surface area contributed by atoms with Gasteiger partial charge in [0.05, 0.1) is 38.9 Å². The van der Waals surface area contributed by atoms with Crippen molar-refractivity contribution in [3.63, 3.8) is 0 Å². The standard InChI is InChI=1S/C38H38BrN5O5/c1-24-30-19-35(49-4)34(48-3)17-27(30)14-15-43(24)22-28-16-25(10-13-33(28)47-2)20-41-42-36(45)23-44-32-12-11-29(39)18-31(32)38(40-21-37(44)46)26-8-6-5-7-9-26/h5-13,16-20,24H,14-15,21-23H2,1-4H3,(H,42,45)/b41-20+. The van der Waals surface area contributed by atoms with E-state index in [-0.39, 0.29) is 25.0 Å². The Labute approximate surface area is 294 Å². The molecule has 1 unspecified atom stereocenters. The molecule has 0 fully saturated rings. The predicted molar refractivity (Wildman–Crippen MR) is 194 cm³/mol. The Bertz CT molecular complexity index is 1930. The molecule has 0 bridgehead atoms. The second-order valence-electron chi connectivity index (χ2n) is 11.8. The van der Waals surface area contributed by atoms with Crippen molar-refractivity contribution in [1.29, 1.82) is 0 Å². The Balaban J connectivity index is 1.15. The molecule has 10 nitrogen and oxygen atoms in total. The largest absolute Gasteiger partial charge is 0.496 e. The summed E-state index contributed by atoms with van der Waals surface area (Å²) in [5, 5.41) is 4.23. The molecule has 2 heterocycles. The maximum atomic E-state index is 13.2. The first kappa shape index (κ1) is 33.9. The molecule has 6 rings (SSSR count). The van der Waals surface area contributed by atoms with E-state index >= 15 is 0 Å². The fourth-order valence-electron chi connectivity index (χ4n) is 6.39. The van der Waals surface area contributed by atoms with E-state index in [0.717, 1.165) is 56.9 Å². The Morgan fingerprint density at radius 2 is 1.73 bits per heavy atom. The van der Waals surface area contributed by atoms with E-state index in [1.807, 2.05) is 66.7 Å². The van der Waals surface area contributed by atoms with E-state index in [1.54, 1.807) is 27.5 Å². The number of ether oxygens (including phenoxy) is 3. The summed E-state index contributed by atoms with van der Waals surface area (Å²) in [5.74, 6) is 1.53. The molecule has 49 heavy (non-hydrogen) atoms. The maximum Gasteiger partial charge on any atom is 0.260 e. The van der Waals surface area contributed by atoms with Crippen LogP contribution in [-0.4, -0.2) is 69.6 Å². The zero-order valence-corrected chi connectivity index (χ0v) is 29.5. The van der Waals surface area contributed by atoms with Crippen molar-refractivity contribution in [3.8, 4) is 17.2 Å². The molecule has 4 aromatic rings. The highest BCUT2D eigenvalue weighted by Crippen LogP contribution is 2.39. The SMILES string of the molecule is COc1ccc(/C=N/NC(=O)CN2C(=O)CN=C(c3ccccc3)c3cc(Br)ccc32)cc1CN1CCc2cc(OC)c(OC)cc2C1C. The summed E-state index contributed by atoms with van der Waals surface area (Å²) < 4.78 is 17.6. The van der Waals surface area contributed by atoms with Crippen LogP contribution in [0.4, 0.5) is 5.69 Å². The number of hydrogen-bond acceptors (Lipinski definition) is 8. The van der Waals surface area contributed by atoms with Crippen molar-refractivity contribution < 1.29 is 23.8 Å².